The van der Waals surface area contributed by atoms with Crippen molar-refractivity contribution < 1.29 is 35.4 Å². The molecule has 5 heteroatoms. The van der Waals surface area contributed by atoms with E-state index < -0.39 is 0 Å². The van der Waals surface area contributed by atoms with Crippen molar-refractivity contribution in [3.05, 3.63) is 66.6 Å². The van der Waals surface area contributed by atoms with Gasteiger partial charge in [-0.3, -0.25) is 4.79 Å². The molecule has 0 amide bonds. The van der Waals surface area contributed by atoms with E-state index in [1.807, 2.05) is 42.5 Å². The van der Waals surface area contributed by atoms with Crippen LogP contribution in [0.25, 0.3) is 22.4 Å². The molecule has 3 aromatic rings. The number of fused-ring (bicyclic) bond motifs is 1. The molecule has 2 heterocycles. The fourth-order valence-corrected chi connectivity index (χ4v) is 1.82. The molecule has 0 bridgehead atoms. The number of para-hydroxylation sites is 1. The predicted octanol–water partition coefficient (Wildman–Crippen LogP) is 4.33. The summed E-state index contributed by atoms with van der Waals surface area (Å²) in [6.45, 7) is 2.85. The van der Waals surface area contributed by atoms with Gasteiger partial charge in [0.1, 0.15) is 0 Å². The molecule has 4 nitrogen and oxygen atoms in total. The minimum absolute atomic E-state index is 0. The molecular formula is C18H16NO3Pt-. The SMILES string of the molecule is CC(=O)/C=C(/C)O.[Pt].[c-]1c(-c2ccccn2)oc2ccccc12. The first-order chi connectivity index (χ1) is 10.6. The number of pyridine rings is 1. The summed E-state index contributed by atoms with van der Waals surface area (Å²) in [5, 5.41) is 9.35. The van der Waals surface area contributed by atoms with Gasteiger partial charge in [-0.2, -0.15) is 0 Å². The van der Waals surface area contributed by atoms with Gasteiger partial charge in [-0.1, -0.05) is 30.3 Å². The number of hydrogen-bond acceptors (Lipinski definition) is 4. The number of aliphatic hydroxyl groups is 1. The Kier molecular flexibility index (Phi) is 7.43. The van der Waals surface area contributed by atoms with Crippen molar-refractivity contribution in [1.82, 2.24) is 4.98 Å². The van der Waals surface area contributed by atoms with Crippen molar-refractivity contribution in [1.29, 1.82) is 0 Å². The molecule has 0 saturated heterocycles. The molecular weight excluding hydrogens is 473 g/mol. The standard InChI is InChI=1S/C13H8NO.C5H8O2.Pt/c1-2-7-12-10(5-1)9-13(15-12)11-6-3-4-8-14-11;1-4(6)3-5(2)7;/h1-8H;3,6H,1-2H3;/q-1;;/b;4-3-;. The number of aliphatic hydroxyl groups excluding tert-OH is 1. The maximum absolute atomic E-state index is 10.0. The molecule has 0 saturated carbocycles. The number of ketones is 1. The molecule has 0 atom stereocenters. The van der Waals surface area contributed by atoms with Crippen molar-refractivity contribution in [3.8, 4) is 11.5 Å². The van der Waals surface area contributed by atoms with Crippen LogP contribution in [0.15, 0.2) is 64.9 Å². The van der Waals surface area contributed by atoms with Gasteiger partial charge in [-0.05, 0) is 19.9 Å². The second-order valence-corrected chi connectivity index (χ2v) is 4.66. The topological polar surface area (TPSA) is 63.3 Å². The molecule has 2 aromatic heterocycles. The van der Waals surface area contributed by atoms with Crippen LogP contribution in [0, 0.1) is 6.07 Å². The number of rotatable bonds is 2. The third-order valence-electron chi connectivity index (χ3n) is 2.66. The van der Waals surface area contributed by atoms with Crippen LogP contribution in [0.4, 0.5) is 0 Å². The quantitative estimate of drug-likeness (QED) is 0.331. The zero-order valence-corrected chi connectivity index (χ0v) is 15.0. The summed E-state index contributed by atoms with van der Waals surface area (Å²) in [6.07, 6.45) is 2.91. The van der Waals surface area contributed by atoms with Crippen LogP contribution in [-0.2, 0) is 25.9 Å². The summed E-state index contributed by atoms with van der Waals surface area (Å²) in [6, 6.07) is 16.7. The van der Waals surface area contributed by atoms with Crippen molar-refractivity contribution in [2.24, 2.45) is 0 Å². The van der Waals surface area contributed by atoms with E-state index in [1.165, 1.54) is 19.9 Å². The van der Waals surface area contributed by atoms with Crippen LogP contribution in [-0.4, -0.2) is 15.9 Å². The average molecular weight is 489 g/mol. The Morgan fingerprint density at radius 2 is 1.87 bits per heavy atom. The fraction of sp³-hybridized carbons (Fsp3) is 0.111. The van der Waals surface area contributed by atoms with Gasteiger partial charge in [-0.25, -0.2) is 0 Å². The van der Waals surface area contributed by atoms with E-state index in [-0.39, 0.29) is 32.6 Å². The number of hydrogen-bond donors (Lipinski definition) is 1. The van der Waals surface area contributed by atoms with Crippen LogP contribution < -0.4 is 0 Å². The fourth-order valence-electron chi connectivity index (χ4n) is 1.82. The van der Waals surface area contributed by atoms with E-state index in [2.05, 4.69) is 11.1 Å². The first kappa shape index (κ1) is 18.9. The molecule has 3 rings (SSSR count). The van der Waals surface area contributed by atoms with Gasteiger partial charge in [0, 0.05) is 44.6 Å². The molecule has 0 aliphatic heterocycles. The van der Waals surface area contributed by atoms with E-state index in [0.29, 0.717) is 5.76 Å². The molecule has 0 aliphatic carbocycles. The van der Waals surface area contributed by atoms with Crippen molar-refractivity contribution in [3.63, 3.8) is 0 Å². The normalized spacial score (nSPS) is 10.4. The number of furan rings is 1. The predicted molar refractivity (Wildman–Crippen MR) is 85.3 cm³/mol. The van der Waals surface area contributed by atoms with Gasteiger partial charge in [0.2, 0.25) is 0 Å². The molecule has 0 unspecified atom stereocenters. The van der Waals surface area contributed by atoms with Gasteiger partial charge in [0.05, 0.1) is 11.5 Å². The maximum Gasteiger partial charge on any atom is 0.155 e. The van der Waals surface area contributed by atoms with Crippen LogP contribution in [0.5, 0.6) is 0 Å². The maximum atomic E-state index is 10.0. The van der Waals surface area contributed by atoms with Crippen molar-refractivity contribution in [2.45, 2.75) is 13.8 Å². The molecule has 0 aliphatic rings. The zero-order valence-electron chi connectivity index (χ0n) is 12.7. The summed E-state index contributed by atoms with van der Waals surface area (Å²) in [4.78, 5) is 14.2. The van der Waals surface area contributed by atoms with Crippen molar-refractivity contribution >= 4 is 16.8 Å². The summed E-state index contributed by atoms with van der Waals surface area (Å²) in [5.74, 6) is 0.629. The smallest absolute Gasteiger partial charge is 0.155 e. The molecule has 0 spiro atoms. The number of allylic oxidation sites excluding steroid dienone is 2. The Hall–Kier alpha value is -2.19. The third-order valence-corrected chi connectivity index (χ3v) is 2.66. The number of benzene rings is 1. The number of aromatic nitrogens is 1. The van der Waals surface area contributed by atoms with Gasteiger partial charge in [-0.15, -0.1) is 17.5 Å². The Morgan fingerprint density at radius 3 is 2.39 bits per heavy atom. The number of carbonyl (C=O) groups excluding carboxylic acids is 1. The second kappa shape index (κ2) is 9.06. The van der Waals surface area contributed by atoms with Gasteiger partial charge in [0.15, 0.2) is 5.78 Å². The molecule has 122 valence electrons. The van der Waals surface area contributed by atoms with E-state index in [0.717, 1.165) is 16.7 Å². The molecule has 0 radical (unpaired) electrons. The summed E-state index contributed by atoms with van der Waals surface area (Å²) in [5.41, 5.74) is 1.66. The first-order valence-corrected chi connectivity index (χ1v) is 6.76. The zero-order chi connectivity index (χ0) is 15.9. The average Bonchev–Trinajstić information content (AvgIpc) is 2.91. The number of carbonyl (C=O) groups is 1. The minimum atomic E-state index is -0.125. The molecule has 1 aromatic carbocycles. The largest absolute Gasteiger partial charge is 0.518 e. The van der Waals surface area contributed by atoms with Gasteiger partial charge in [0.25, 0.3) is 0 Å². The molecule has 1 N–H and O–H groups in total. The van der Waals surface area contributed by atoms with Crippen LogP contribution in [0.3, 0.4) is 0 Å². The van der Waals surface area contributed by atoms with Crippen molar-refractivity contribution in [2.75, 3.05) is 0 Å². The monoisotopic (exact) mass is 489 g/mol. The molecule has 23 heavy (non-hydrogen) atoms. The summed E-state index contributed by atoms with van der Waals surface area (Å²) < 4.78 is 5.64. The Bertz CT molecular complexity index is 757. The Morgan fingerprint density at radius 1 is 1.17 bits per heavy atom. The van der Waals surface area contributed by atoms with E-state index >= 15 is 0 Å². The number of nitrogens with zero attached hydrogens (tertiary/aromatic N) is 1. The van der Waals surface area contributed by atoms with E-state index in [4.69, 9.17) is 9.52 Å². The van der Waals surface area contributed by atoms with Crippen LogP contribution >= 0.6 is 0 Å². The summed E-state index contributed by atoms with van der Waals surface area (Å²) >= 11 is 0. The minimum Gasteiger partial charge on any atom is -0.518 e. The second-order valence-electron chi connectivity index (χ2n) is 4.66. The Labute approximate surface area is 149 Å². The first-order valence-electron chi connectivity index (χ1n) is 6.76. The van der Waals surface area contributed by atoms with Crippen LogP contribution in [0.2, 0.25) is 0 Å². The molecule has 0 fully saturated rings. The van der Waals surface area contributed by atoms with E-state index in [1.54, 1.807) is 6.20 Å². The third kappa shape index (κ3) is 5.84. The van der Waals surface area contributed by atoms with Crippen LogP contribution in [0.1, 0.15) is 13.8 Å². The Balaban J connectivity index is 0.000000287. The van der Waals surface area contributed by atoms with Gasteiger partial charge >= 0.3 is 0 Å². The summed E-state index contributed by atoms with van der Waals surface area (Å²) in [7, 11) is 0. The van der Waals surface area contributed by atoms with E-state index in [9.17, 15) is 4.79 Å². The van der Waals surface area contributed by atoms with Gasteiger partial charge < -0.3 is 14.5 Å².